The molecule has 2 aliphatic heterocycles. The fraction of sp³-hybridized carbons (Fsp3) is 0.692. The fourth-order valence-electron chi connectivity index (χ4n) is 4.39. The Kier molecular flexibility index (Phi) is 8.41. The molecule has 2 saturated heterocycles. The molecule has 38 heavy (non-hydrogen) atoms. The number of halogens is 1. The molecular weight excluding hydrogens is 544 g/mol. The van der Waals surface area contributed by atoms with Crippen LogP contribution < -0.4 is 4.74 Å². The molecule has 9 nitrogen and oxygen atoms in total. The SMILES string of the molecule is CC(C)(C)[Si](C)(C)OC1CO[C@H]2[C@@H]1OC[C@H]2Oc1cc2nc(Cl)c(C(=O)O)cc2n1COCC[Si](C)(C)C. The summed E-state index contributed by atoms with van der Waals surface area (Å²) in [5, 5.41) is 9.60. The lowest BCUT2D eigenvalue weighted by Crippen LogP contribution is -2.47. The van der Waals surface area contributed by atoms with E-state index in [4.69, 9.17) is 35.0 Å². The average molecular weight is 585 g/mol. The van der Waals surface area contributed by atoms with Crippen LogP contribution in [-0.2, 0) is 25.4 Å². The molecule has 2 aromatic rings. The van der Waals surface area contributed by atoms with Crippen LogP contribution >= 0.6 is 11.6 Å². The van der Waals surface area contributed by atoms with E-state index in [1.165, 1.54) is 6.07 Å². The monoisotopic (exact) mass is 584 g/mol. The van der Waals surface area contributed by atoms with Crippen molar-refractivity contribution in [3.05, 3.63) is 22.8 Å². The molecule has 0 radical (unpaired) electrons. The van der Waals surface area contributed by atoms with E-state index in [2.05, 4.69) is 58.5 Å². The highest BCUT2D eigenvalue weighted by Gasteiger charge is 2.52. The maximum absolute atomic E-state index is 11.7. The molecule has 1 N–H and O–H groups in total. The van der Waals surface area contributed by atoms with Gasteiger partial charge in [0.2, 0.25) is 0 Å². The van der Waals surface area contributed by atoms with E-state index >= 15 is 0 Å². The predicted octanol–water partition coefficient (Wildman–Crippen LogP) is 5.64. The molecule has 1 unspecified atom stereocenters. The Labute approximate surface area is 231 Å². The third kappa shape index (κ3) is 6.29. The van der Waals surface area contributed by atoms with Gasteiger partial charge in [0.05, 0.1) is 35.9 Å². The minimum Gasteiger partial charge on any atom is -0.478 e. The van der Waals surface area contributed by atoms with E-state index in [0.29, 0.717) is 36.7 Å². The largest absolute Gasteiger partial charge is 0.478 e. The Morgan fingerprint density at radius 2 is 1.76 bits per heavy atom. The van der Waals surface area contributed by atoms with Crippen LogP contribution in [-0.4, -0.2) is 81.3 Å². The number of hydrogen-bond donors (Lipinski definition) is 1. The summed E-state index contributed by atoms with van der Waals surface area (Å²) in [5.74, 6) is -0.635. The molecule has 0 aromatic carbocycles. The first-order chi connectivity index (χ1) is 17.6. The van der Waals surface area contributed by atoms with Crippen LogP contribution in [0.25, 0.3) is 11.0 Å². The lowest BCUT2D eigenvalue weighted by atomic mass is 10.1. The molecule has 4 heterocycles. The van der Waals surface area contributed by atoms with Crippen molar-refractivity contribution in [2.24, 2.45) is 0 Å². The molecule has 0 bridgehead atoms. The molecule has 0 saturated carbocycles. The van der Waals surface area contributed by atoms with Gasteiger partial charge in [0.25, 0.3) is 0 Å². The van der Waals surface area contributed by atoms with Crippen molar-refractivity contribution < 1.29 is 33.3 Å². The van der Waals surface area contributed by atoms with Crippen LogP contribution in [0.1, 0.15) is 31.1 Å². The van der Waals surface area contributed by atoms with Crippen molar-refractivity contribution in [1.29, 1.82) is 0 Å². The van der Waals surface area contributed by atoms with E-state index in [1.807, 2.05) is 0 Å². The zero-order valence-electron chi connectivity index (χ0n) is 23.7. The zero-order valence-corrected chi connectivity index (χ0v) is 26.4. The van der Waals surface area contributed by atoms with Crippen LogP contribution in [0.15, 0.2) is 12.1 Å². The first kappa shape index (κ1) is 29.5. The van der Waals surface area contributed by atoms with E-state index < -0.39 is 22.4 Å². The smallest absolute Gasteiger partial charge is 0.338 e. The highest BCUT2D eigenvalue weighted by molar-refractivity contribution is 6.76. The summed E-state index contributed by atoms with van der Waals surface area (Å²) in [5.41, 5.74) is 1.05. The Balaban J connectivity index is 1.55. The number of aromatic nitrogens is 2. The van der Waals surface area contributed by atoms with Crippen LogP contribution in [0.2, 0.25) is 49.0 Å². The van der Waals surface area contributed by atoms with Gasteiger partial charge in [0, 0.05) is 20.7 Å². The minimum atomic E-state index is -2.00. The van der Waals surface area contributed by atoms with Crippen molar-refractivity contribution in [2.75, 3.05) is 19.8 Å². The van der Waals surface area contributed by atoms with Crippen molar-refractivity contribution in [1.82, 2.24) is 9.55 Å². The van der Waals surface area contributed by atoms with Gasteiger partial charge in [-0.25, -0.2) is 9.78 Å². The van der Waals surface area contributed by atoms with Gasteiger partial charge in [0.1, 0.15) is 24.1 Å². The number of carbonyl (C=O) groups is 1. The molecule has 4 atom stereocenters. The summed E-state index contributed by atoms with van der Waals surface area (Å²) in [6, 6.07) is 4.29. The van der Waals surface area contributed by atoms with Gasteiger partial charge in [-0.1, -0.05) is 52.0 Å². The van der Waals surface area contributed by atoms with Crippen molar-refractivity contribution in [3.63, 3.8) is 0 Å². The summed E-state index contributed by atoms with van der Waals surface area (Å²) in [6.07, 6.45) is -0.961. The molecule has 2 fully saturated rings. The van der Waals surface area contributed by atoms with Crippen LogP contribution in [0.3, 0.4) is 0 Å². The Morgan fingerprint density at radius 1 is 1.13 bits per heavy atom. The number of carboxylic acids is 1. The second kappa shape index (κ2) is 10.8. The summed E-state index contributed by atoms with van der Waals surface area (Å²) in [7, 11) is -3.27. The average Bonchev–Trinajstić information content (AvgIpc) is 3.44. The number of rotatable bonds is 10. The number of ether oxygens (including phenoxy) is 4. The maximum Gasteiger partial charge on any atom is 0.338 e. The molecule has 2 aliphatic rings. The fourth-order valence-corrected chi connectivity index (χ4v) is 6.68. The second-order valence-corrected chi connectivity index (χ2v) is 23.7. The third-order valence-corrected chi connectivity index (χ3v) is 14.2. The summed E-state index contributed by atoms with van der Waals surface area (Å²) in [4.78, 5) is 16.0. The molecular formula is C26H41ClN2O7Si2. The van der Waals surface area contributed by atoms with Gasteiger partial charge >= 0.3 is 5.97 Å². The lowest BCUT2D eigenvalue weighted by molar-refractivity contribution is 0.00859. The van der Waals surface area contributed by atoms with Crippen LogP contribution in [0.4, 0.5) is 0 Å². The van der Waals surface area contributed by atoms with Crippen molar-refractivity contribution in [2.45, 2.75) is 95.7 Å². The van der Waals surface area contributed by atoms with Gasteiger partial charge in [0.15, 0.2) is 20.3 Å². The number of carboxylic acid groups (broad SMARTS) is 1. The number of fused-ring (bicyclic) bond motifs is 2. The Hall–Kier alpha value is -1.48. The lowest BCUT2D eigenvalue weighted by Gasteiger charge is -2.39. The van der Waals surface area contributed by atoms with Gasteiger partial charge in [-0.2, -0.15) is 0 Å². The van der Waals surface area contributed by atoms with Crippen LogP contribution in [0.5, 0.6) is 5.88 Å². The molecule has 0 spiro atoms. The molecule has 12 heteroatoms. The minimum absolute atomic E-state index is 0.0673. The van der Waals surface area contributed by atoms with Crippen molar-refractivity contribution >= 4 is 45.0 Å². The normalized spacial score (nSPS) is 24.2. The standard InChI is InChI=1S/C26H41ClN2O7Si2/c1-26(2,3)38(7,8)36-20-14-34-22-19(13-33-23(20)22)35-21-12-17-18(11-16(25(30)31)24(27)28-17)29(21)15-32-9-10-37(4,5)6/h11-12,19-20,22-23H,9-10,13-15H2,1-8H3,(H,30,31)/t19-,20?,22-,23-/m1/s1. The number of hydrogen-bond acceptors (Lipinski definition) is 7. The maximum atomic E-state index is 11.7. The Morgan fingerprint density at radius 3 is 2.37 bits per heavy atom. The molecule has 0 amide bonds. The van der Waals surface area contributed by atoms with Gasteiger partial charge in [-0.3, -0.25) is 4.57 Å². The predicted molar refractivity (Wildman–Crippen MR) is 152 cm³/mol. The second-order valence-electron chi connectivity index (χ2n) is 13.0. The van der Waals surface area contributed by atoms with E-state index in [1.54, 1.807) is 10.6 Å². The first-order valence-corrected chi connectivity index (χ1v) is 20.2. The Bertz CT molecular complexity index is 1180. The molecule has 2 aromatic heterocycles. The highest BCUT2D eigenvalue weighted by atomic mass is 35.5. The quantitative estimate of drug-likeness (QED) is 0.218. The zero-order chi connectivity index (χ0) is 28.0. The molecule has 0 aliphatic carbocycles. The van der Waals surface area contributed by atoms with E-state index in [0.717, 1.165) is 6.04 Å². The summed E-state index contributed by atoms with van der Waals surface area (Å²) >= 11 is 6.16. The first-order valence-electron chi connectivity index (χ1n) is 13.2. The summed E-state index contributed by atoms with van der Waals surface area (Å²) in [6.45, 7) is 19.6. The van der Waals surface area contributed by atoms with Gasteiger partial charge in [-0.05, 0) is 30.2 Å². The number of nitrogens with zero attached hydrogens (tertiary/aromatic N) is 2. The van der Waals surface area contributed by atoms with Crippen molar-refractivity contribution in [3.8, 4) is 5.88 Å². The summed E-state index contributed by atoms with van der Waals surface area (Å²) < 4.78 is 33.2. The van der Waals surface area contributed by atoms with E-state index in [-0.39, 0.29) is 46.9 Å². The highest BCUT2D eigenvalue weighted by Crippen LogP contribution is 2.41. The van der Waals surface area contributed by atoms with E-state index in [9.17, 15) is 9.90 Å². The van der Waals surface area contributed by atoms with Gasteiger partial charge in [-0.15, -0.1) is 0 Å². The van der Waals surface area contributed by atoms with Gasteiger partial charge < -0.3 is 28.5 Å². The van der Waals surface area contributed by atoms with Crippen LogP contribution in [0, 0.1) is 0 Å². The number of pyridine rings is 1. The number of aromatic carboxylic acids is 1. The molecule has 212 valence electrons. The third-order valence-electron chi connectivity index (χ3n) is 7.74. The molecule has 4 rings (SSSR count). The topological polar surface area (TPSA) is 101 Å².